The molecule has 2 N–H and O–H groups in total. The fraction of sp³-hybridized carbons (Fsp3) is 0.667. The molecule has 7 heteroatoms. The predicted octanol–water partition coefficient (Wildman–Crippen LogP) is 0.916. The zero-order valence-corrected chi connectivity index (χ0v) is 11.0. The highest BCUT2D eigenvalue weighted by Crippen LogP contribution is 2.19. The van der Waals surface area contributed by atoms with Gasteiger partial charge in [0.05, 0.1) is 12.1 Å². The van der Waals surface area contributed by atoms with E-state index in [1.807, 2.05) is 0 Å². The van der Waals surface area contributed by atoms with Gasteiger partial charge in [-0.05, 0) is 26.8 Å². The Balaban J connectivity index is 2.03. The molecule has 0 aromatic carbocycles. The Morgan fingerprint density at radius 2 is 2.32 bits per heavy atom. The highest BCUT2D eigenvalue weighted by Gasteiger charge is 2.21. The minimum absolute atomic E-state index is 0.0981. The van der Waals surface area contributed by atoms with E-state index in [2.05, 4.69) is 15.7 Å². The monoisotopic (exact) mass is 272 g/mol. The van der Waals surface area contributed by atoms with Crippen molar-refractivity contribution in [1.82, 2.24) is 20.4 Å². The van der Waals surface area contributed by atoms with Crippen LogP contribution in [0, 0.1) is 13.8 Å². The first-order chi connectivity index (χ1) is 8.99. The first kappa shape index (κ1) is 13.9. The molecule has 1 amide bonds. The van der Waals surface area contributed by atoms with Gasteiger partial charge in [0.1, 0.15) is 0 Å². The lowest BCUT2D eigenvalue weighted by Crippen LogP contribution is -2.37. The van der Waals surface area contributed by atoms with E-state index in [0.717, 1.165) is 19.5 Å². The molecule has 1 aromatic heterocycles. The molecule has 2 heterocycles. The quantitative estimate of drug-likeness (QED) is 0.856. The minimum atomic E-state index is -2.67. The lowest BCUT2D eigenvalue weighted by Gasteiger charge is -2.11. The third-order valence-electron chi connectivity index (χ3n) is 3.42. The summed E-state index contributed by atoms with van der Waals surface area (Å²) in [7, 11) is 0. The lowest BCUT2D eigenvalue weighted by atomic mass is 10.1. The number of amides is 1. The summed E-state index contributed by atoms with van der Waals surface area (Å²) in [5.74, 6) is -0.145. The molecule has 0 aliphatic carbocycles. The Bertz CT molecular complexity index is 467. The van der Waals surface area contributed by atoms with Gasteiger partial charge in [-0.2, -0.15) is 13.9 Å². The van der Waals surface area contributed by atoms with Crippen LogP contribution >= 0.6 is 0 Å². The highest BCUT2D eigenvalue weighted by atomic mass is 19.3. The van der Waals surface area contributed by atoms with Crippen molar-refractivity contribution in [1.29, 1.82) is 0 Å². The number of nitrogens with zero attached hydrogens (tertiary/aromatic N) is 2. The van der Waals surface area contributed by atoms with Crippen molar-refractivity contribution in [2.75, 3.05) is 13.1 Å². The molecule has 1 aliphatic rings. The molecule has 1 aliphatic heterocycles. The number of alkyl halides is 2. The van der Waals surface area contributed by atoms with Crippen LogP contribution in [0.3, 0.4) is 0 Å². The molecule has 1 atom stereocenters. The van der Waals surface area contributed by atoms with Crippen molar-refractivity contribution in [3.8, 4) is 0 Å². The number of carbonyl (C=O) groups excluding carboxylic acids is 1. The van der Waals surface area contributed by atoms with Crippen LogP contribution in [-0.2, 0) is 11.2 Å². The van der Waals surface area contributed by atoms with Crippen molar-refractivity contribution in [3.63, 3.8) is 0 Å². The summed E-state index contributed by atoms with van der Waals surface area (Å²) in [6, 6.07) is 0.137. The molecule has 0 bridgehead atoms. The van der Waals surface area contributed by atoms with E-state index in [1.165, 1.54) is 0 Å². The van der Waals surface area contributed by atoms with E-state index in [9.17, 15) is 13.6 Å². The van der Waals surface area contributed by atoms with Crippen molar-refractivity contribution < 1.29 is 13.6 Å². The van der Waals surface area contributed by atoms with Crippen LogP contribution in [0.1, 0.15) is 29.9 Å². The molecular formula is C12H18F2N4O. The van der Waals surface area contributed by atoms with Crippen LogP contribution in [0.15, 0.2) is 0 Å². The summed E-state index contributed by atoms with van der Waals surface area (Å²) in [6.07, 6.45) is 1.00. The first-order valence-electron chi connectivity index (χ1n) is 6.32. The van der Waals surface area contributed by atoms with E-state index >= 15 is 0 Å². The number of nitrogens with one attached hydrogen (secondary N) is 2. The molecule has 0 spiro atoms. The van der Waals surface area contributed by atoms with E-state index < -0.39 is 6.55 Å². The molecule has 5 nitrogen and oxygen atoms in total. The topological polar surface area (TPSA) is 59.0 Å². The minimum Gasteiger partial charge on any atom is -0.352 e. The van der Waals surface area contributed by atoms with E-state index in [-0.39, 0.29) is 18.4 Å². The highest BCUT2D eigenvalue weighted by molar-refractivity contribution is 5.79. The zero-order valence-electron chi connectivity index (χ0n) is 11.0. The molecule has 2 rings (SSSR count). The number of aryl methyl sites for hydroxylation is 1. The molecular weight excluding hydrogens is 254 g/mol. The molecule has 1 fully saturated rings. The zero-order chi connectivity index (χ0) is 14.0. The third-order valence-corrected chi connectivity index (χ3v) is 3.42. The first-order valence-corrected chi connectivity index (χ1v) is 6.32. The Morgan fingerprint density at radius 1 is 1.58 bits per heavy atom. The van der Waals surface area contributed by atoms with E-state index in [1.54, 1.807) is 13.8 Å². The number of carbonyl (C=O) groups is 1. The summed E-state index contributed by atoms with van der Waals surface area (Å²) in [5.41, 5.74) is 1.42. The maximum atomic E-state index is 12.7. The Morgan fingerprint density at radius 3 is 2.84 bits per heavy atom. The van der Waals surface area contributed by atoms with Crippen LogP contribution in [0.4, 0.5) is 8.78 Å². The molecule has 19 heavy (non-hydrogen) atoms. The molecule has 106 valence electrons. The number of rotatable bonds is 4. The summed E-state index contributed by atoms with van der Waals surface area (Å²) >= 11 is 0. The van der Waals surface area contributed by atoms with Gasteiger partial charge in [-0.1, -0.05) is 0 Å². The summed E-state index contributed by atoms with van der Waals surface area (Å²) in [6.45, 7) is 2.19. The maximum absolute atomic E-state index is 12.7. The van der Waals surface area contributed by atoms with Gasteiger partial charge in [0.2, 0.25) is 5.91 Å². The molecule has 1 unspecified atom stereocenters. The second-order valence-corrected chi connectivity index (χ2v) is 4.81. The summed E-state index contributed by atoms with van der Waals surface area (Å²) in [4.78, 5) is 11.9. The number of halogens is 2. The van der Waals surface area contributed by atoms with Crippen LogP contribution in [0.25, 0.3) is 0 Å². The number of hydrogen-bond donors (Lipinski definition) is 2. The number of hydrogen-bond acceptors (Lipinski definition) is 3. The molecule has 1 aromatic rings. The van der Waals surface area contributed by atoms with Crippen LogP contribution < -0.4 is 10.6 Å². The largest absolute Gasteiger partial charge is 0.352 e. The average molecular weight is 272 g/mol. The average Bonchev–Trinajstić information content (AvgIpc) is 2.92. The van der Waals surface area contributed by atoms with Crippen molar-refractivity contribution in [2.24, 2.45) is 0 Å². The van der Waals surface area contributed by atoms with Crippen LogP contribution in [-0.4, -0.2) is 34.8 Å². The fourth-order valence-corrected chi connectivity index (χ4v) is 2.36. The fourth-order valence-electron chi connectivity index (χ4n) is 2.36. The standard InChI is InChI=1S/C12H18F2N4O/c1-7-10(8(2)18(17-7)12(13)14)5-11(19)16-9-3-4-15-6-9/h9,12,15H,3-6H2,1-2H3,(H,16,19). The van der Waals surface area contributed by atoms with Gasteiger partial charge < -0.3 is 10.6 Å². The van der Waals surface area contributed by atoms with Gasteiger partial charge in [-0.3, -0.25) is 4.79 Å². The van der Waals surface area contributed by atoms with Crippen molar-refractivity contribution in [3.05, 3.63) is 17.0 Å². The second-order valence-electron chi connectivity index (χ2n) is 4.81. The Kier molecular flexibility index (Phi) is 4.14. The predicted molar refractivity (Wildman–Crippen MR) is 66.1 cm³/mol. The molecule has 0 saturated carbocycles. The van der Waals surface area contributed by atoms with Gasteiger partial charge in [0.15, 0.2) is 0 Å². The van der Waals surface area contributed by atoms with Crippen molar-refractivity contribution >= 4 is 5.91 Å². The van der Waals surface area contributed by atoms with E-state index in [4.69, 9.17) is 0 Å². The summed E-state index contributed by atoms with van der Waals surface area (Å²) in [5, 5.41) is 9.82. The van der Waals surface area contributed by atoms with Crippen molar-refractivity contribution in [2.45, 2.75) is 39.3 Å². The lowest BCUT2D eigenvalue weighted by molar-refractivity contribution is -0.121. The van der Waals surface area contributed by atoms with Gasteiger partial charge in [-0.15, -0.1) is 0 Å². The molecule has 1 saturated heterocycles. The van der Waals surface area contributed by atoms with Crippen LogP contribution in [0.5, 0.6) is 0 Å². The van der Waals surface area contributed by atoms with Gasteiger partial charge in [-0.25, -0.2) is 4.68 Å². The second kappa shape index (κ2) is 5.64. The molecule has 0 radical (unpaired) electrons. The number of aromatic nitrogens is 2. The normalized spacial score (nSPS) is 19.1. The third kappa shape index (κ3) is 3.09. The summed E-state index contributed by atoms with van der Waals surface area (Å²) < 4.78 is 26.0. The maximum Gasteiger partial charge on any atom is 0.333 e. The smallest absolute Gasteiger partial charge is 0.333 e. The Hall–Kier alpha value is -1.50. The van der Waals surface area contributed by atoms with Gasteiger partial charge in [0.25, 0.3) is 0 Å². The Labute approximate surface area is 110 Å². The van der Waals surface area contributed by atoms with E-state index in [0.29, 0.717) is 21.6 Å². The van der Waals surface area contributed by atoms with Crippen LogP contribution in [0.2, 0.25) is 0 Å². The van der Waals surface area contributed by atoms with Gasteiger partial charge >= 0.3 is 6.55 Å². The SMILES string of the molecule is Cc1nn(C(F)F)c(C)c1CC(=O)NC1CCNC1. The van der Waals surface area contributed by atoms with Gasteiger partial charge in [0, 0.05) is 23.8 Å².